The Balaban J connectivity index is 0.00000111. The van der Waals surface area contributed by atoms with E-state index in [2.05, 4.69) is 133 Å². The molecule has 249 valence electrons. The summed E-state index contributed by atoms with van der Waals surface area (Å²) in [6, 6.07) is 22.9. The summed E-state index contributed by atoms with van der Waals surface area (Å²) in [6.45, 7) is 32.3. The van der Waals surface area contributed by atoms with Crippen molar-refractivity contribution in [1.82, 2.24) is 0 Å². The van der Waals surface area contributed by atoms with E-state index in [1.807, 2.05) is 18.2 Å². The predicted molar refractivity (Wildman–Crippen MR) is 197 cm³/mol. The zero-order valence-corrected chi connectivity index (χ0v) is 31.9. The molecule has 3 nitrogen and oxygen atoms in total. The molecule has 0 fully saturated rings. The fraction of sp³-hybridized carbons (Fsp3) is 0.561. The van der Waals surface area contributed by atoms with E-state index in [1.165, 1.54) is 33.6 Å². The van der Waals surface area contributed by atoms with E-state index in [1.54, 1.807) is 12.1 Å². The van der Waals surface area contributed by atoms with Crippen LogP contribution in [0.3, 0.4) is 0 Å². The number of hydrogen-bond acceptors (Lipinski definition) is 0. The van der Waals surface area contributed by atoms with Gasteiger partial charge in [-0.2, -0.15) is 0 Å². The molecule has 0 aliphatic carbocycles. The van der Waals surface area contributed by atoms with Gasteiger partial charge in [-0.05, 0) is 23.7 Å². The van der Waals surface area contributed by atoms with Crippen LogP contribution in [-0.4, -0.2) is 12.1 Å². The molecule has 0 amide bonds. The van der Waals surface area contributed by atoms with Crippen molar-refractivity contribution in [3.05, 3.63) is 105 Å². The van der Waals surface area contributed by atoms with Crippen molar-refractivity contribution < 1.29 is 17.1 Å². The van der Waals surface area contributed by atoms with E-state index in [0.717, 1.165) is 6.42 Å². The van der Waals surface area contributed by atoms with Gasteiger partial charge >= 0.3 is 17.1 Å². The summed E-state index contributed by atoms with van der Waals surface area (Å²) in [7, 11) is 0. The van der Waals surface area contributed by atoms with E-state index in [4.69, 9.17) is 16.4 Å². The number of nitrogens with one attached hydrogen (secondary N) is 1. The fourth-order valence-corrected chi connectivity index (χ4v) is 5.48. The van der Waals surface area contributed by atoms with Crippen molar-refractivity contribution in [1.29, 1.82) is 0 Å². The molecule has 0 heterocycles. The van der Waals surface area contributed by atoms with Crippen LogP contribution in [0.2, 0.25) is 0 Å². The Hall–Kier alpha value is -2.42. The molecule has 2 unspecified atom stereocenters. The SMILES string of the molecule is CC(C)c1cccc(C(C)C)c1[N-]C(CC([N-]c1c(C(C)C)cccc1C(C)C)C(C)(C)C)C(C)(C)C.[Fe+3].[NH-]c1ccccc1. The van der Waals surface area contributed by atoms with Crippen LogP contribution in [0.15, 0.2) is 66.7 Å². The molecule has 0 aliphatic heterocycles. The molecule has 0 saturated carbocycles. The van der Waals surface area contributed by atoms with Crippen LogP contribution in [0.1, 0.15) is 149 Å². The molecule has 1 N–H and O–H groups in total. The van der Waals surface area contributed by atoms with Crippen molar-refractivity contribution in [3.63, 3.8) is 0 Å². The maximum atomic E-state index is 7.00. The summed E-state index contributed by atoms with van der Waals surface area (Å²) in [4.78, 5) is 0. The molecule has 0 saturated heterocycles. The van der Waals surface area contributed by atoms with Crippen molar-refractivity contribution in [3.8, 4) is 0 Å². The minimum Gasteiger partial charge on any atom is -0.699 e. The third-order valence-electron chi connectivity index (χ3n) is 8.47. The quantitative estimate of drug-likeness (QED) is 0.196. The Bertz CT molecular complexity index is 1150. The van der Waals surface area contributed by atoms with Crippen molar-refractivity contribution in [2.75, 3.05) is 0 Å². The molecule has 1 radical (unpaired) electrons. The molecule has 2 atom stereocenters. The minimum absolute atomic E-state index is 0. The largest absolute Gasteiger partial charge is 3.00 e. The van der Waals surface area contributed by atoms with E-state index < -0.39 is 0 Å². The predicted octanol–water partition coefficient (Wildman–Crippen LogP) is 14.5. The molecule has 0 spiro atoms. The monoisotopic (exact) mass is 652 g/mol. The van der Waals surface area contributed by atoms with Crippen LogP contribution in [-0.2, 0) is 17.1 Å². The van der Waals surface area contributed by atoms with Crippen LogP contribution in [0.5, 0.6) is 0 Å². The van der Waals surface area contributed by atoms with Crippen LogP contribution >= 0.6 is 0 Å². The first kappa shape index (κ1) is 40.6. The standard InChI is InChI=1S/C35H56N2.C6H6N.Fe/c1-22(2)26-17-15-18-27(23(3)4)32(26)36-30(34(9,10)11)21-31(35(12,13)14)37-33-28(24(5)6)19-16-20-29(33)25(7)8;7-6-4-2-1-3-5-6;/h15-20,22-25,30-31H,21H2,1-14H3;1-5,7H;/q-2;-1;+3. The maximum Gasteiger partial charge on any atom is 3.00 e. The van der Waals surface area contributed by atoms with Gasteiger partial charge in [0.25, 0.3) is 0 Å². The summed E-state index contributed by atoms with van der Waals surface area (Å²) in [5, 5.41) is 11.2. The van der Waals surface area contributed by atoms with Crippen LogP contribution in [0.25, 0.3) is 16.4 Å². The first-order valence-electron chi connectivity index (χ1n) is 16.8. The van der Waals surface area contributed by atoms with Crippen LogP contribution in [0, 0.1) is 10.8 Å². The Kier molecular flexibility index (Phi) is 15.8. The van der Waals surface area contributed by atoms with Crippen molar-refractivity contribution >= 4 is 17.1 Å². The van der Waals surface area contributed by atoms with Crippen molar-refractivity contribution in [2.45, 2.75) is 139 Å². The van der Waals surface area contributed by atoms with Gasteiger partial charge in [-0.3, -0.25) is 0 Å². The topological polar surface area (TPSA) is 52.0 Å². The van der Waals surface area contributed by atoms with Gasteiger partial charge in [0.2, 0.25) is 0 Å². The van der Waals surface area contributed by atoms with Gasteiger partial charge in [-0.25, -0.2) is 0 Å². The third-order valence-corrected chi connectivity index (χ3v) is 8.47. The fourth-order valence-electron chi connectivity index (χ4n) is 5.48. The van der Waals surface area contributed by atoms with Gasteiger partial charge in [0.1, 0.15) is 0 Å². The Labute approximate surface area is 288 Å². The molecule has 0 aliphatic rings. The van der Waals surface area contributed by atoms with Gasteiger partial charge in [-0.1, -0.05) is 203 Å². The molecule has 3 aromatic carbocycles. The minimum atomic E-state index is 0. The molecular weight excluding hydrogens is 590 g/mol. The summed E-state index contributed by atoms with van der Waals surface area (Å²) >= 11 is 0. The Morgan fingerprint density at radius 3 is 0.978 bits per heavy atom. The first-order valence-corrected chi connectivity index (χ1v) is 16.8. The Morgan fingerprint density at radius 2 is 0.778 bits per heavy atom. The van der Waals surface area contributed by atoms with Crippen LogP contribution < -0.4 is 0 Å². The average Bonchev–Trinajstić information content (AvgIpc) is 2.91. The molecular formula is C41H62FeN3. The van der Waals surface area contributed by atoms with E-state index in [-0.39, 0.29) is 40.0 Å². The van der Waals surface area contributed by atoms with Gasteiger partial charge in [-0.15, -0.1) is 29.1 Å². The van der Waals surface area contributed by atoms with Gasteiger partial charge in [0.15, 0.2) is 0 Å². The zero-order valence-electron chi connectivity index (χ0n) is 30.8. The van der Waals surface area contributed by atoms with Gasteiger partial charge < -0.3 is 16.4 Å². The van der Waals surface area contributed by atoms with E-state index in [0.29, 0.717) is 29.4 Å². The van der Waals surface area contributed by atoms with Crippen molar-refractivity contribution in [2.24, 2.45) is 10.8 Å². The normalized spacial score (nSPS) is 13.3. The average molecular weight is 653 g/mol. The van der Waals surface area contributed by atoms with E-state index >= 15 is 0 Å². The number of benzene rings is 3. The molecule has 3 rings (SSSR count). The first-order chi connectivity index (χ1) is 20.3. The number of para-hydroxylation sites is 2. The molecule has 4 heteroatoms. The molecule has 3 aromatic rings. The smallest absolute Gasteiger partial charge is 0.699 e. The summed E-state index contributed by atoms with van der Waals surface area (Å²) in [6.07, 6.45) is 0.931. The Morgan fingerprint density at radius 1 is 0.489 bits per heavy atom. The molecule has 0 bridgehead atoms. The van der Waals surface area contributed by atoms with E-state index in [9.17, 15) is 0 Å². The second-order valence-corrected chi connectivity index (χ2v) is 15.8. The van der Waals surface area contributed by atoms with Gasteiger partial charge in [0.05, 0.1) is 0 Å². The summed E-state index contributed by atoms with van der Waals surface area (Å²) in [5.74, 6) is 1.75. The second kappa shape index (κ2) is 17.5. The number of hydrogen-bond donors (Lipinski definition) is 0. The van der Waals surface area contributed by atoms with Crippen LogP contribution in [0.4, 0.5) is 17.1 Å². The number of rotatable bonds is 10. The summed E-state index contributed by atoms with van der Waals surface area (Å²) in [5.41, 5.74) is 15.5. The molecule has 45 heavy (non-hydrogen) atoms. The third kappa shape index (κ3) is 12.0. The zero-order chi connectivity index (χ0) is 33.4. The summed E-state index contributed by atoms with van der Waals surface area (Å²) < 4.78 is 0. The van der Waals surface area contributed by atoms with Gasteiger partial charge in [0, 0.05) is 0 Å². The maximum absolute atomic E-state index is 7.00. The number of nitrogens with zero attached hydrogens (tertiary/aromatic N) is 2. The molecule has 0 aromatic heterocycles. The second-order valence-electron chi connectivity index (χ2n) is 15.8.